The number of carbonyl (C=O) groups excluding carboxylic acids is 1. The van der Waals surface area contributed by atoms with Gasteiger partial charge >= 0.3 is 0 Å². The highest BCUT2D eigenvalue weighted by atomic mass is 35.5. The van der Waals surface area contributed by atoms with E-state index < -0.39 is 0 Å². The third-order valence-corrected chi connectivity index (χ3v) is 6.84. The van der Waals surface area contributed by atoms with Gasteiger partial charge in [-0.05, 0) is 60.5 Å². The molecule has 2 aliphatic heterocycles. The van der Waals surface area contributed by atoms with E-state index in [1.54, 1.807) is 44.6 Å². The Hall–Kier alpha value is -3.19. The Morgan fingerprint density at radius 2 is 1.89 bits per heavy atom. The molecule has 180 valence electrons. The first-order chi connectivity index (χ1) is 16.9. The first-order valence-corrected chi connectivity index (χ1v) is 11.8. The number of hydrogen-bond acceptors (Lipinski definition) is 6. The predicted molar refractivity (Wildman–Crippen MR) is 135 cm³/mol. The fraction of sp³-hybridized carbons (Fsp3) is 0.222. The summed E-state index contributed by atoms with van der Waals surface area (Å²) in [5, 5.41) is 1.03. The quantitative estimate of drug-likeness (QED) is 0.375. The van der Waals surface area contributed by atoms with Crippen molar-refractivity contribution in [2.24, 2.45) is 0 Å². The van der Waals surface area contributed by atoms with Gasteiger partial charge in [-0.15, -0.1) is 0 Å². The van der Waals surface area contributed by atoms with Crippen LogP contribution in [0.25, 0.3) is 6.08 Å². The maximum absolute atomic E-state index is 13.4. The van der Waals surface area contributed by atoms with Crippen molar-refractivity contribution < 1.29 is 23.7 Å². The van der Waals surface area contributed by atoms with E-state index >= 15 is 0 Å². The number of Topliss-reactive ketones (excluding diaryl/α,β-unsaturated/α-hetero) is 1. The molecule has 0 amide bonds. The SMILES string of the molecule is COc1ccc(OC)c(/C=C2\Oc3c4c(cc(C)c3C2=O)OCN(Cc2ccc(Cl)c(Cl)c2)C4)c1. The Morgan fingerprint density at radius 1 is 1.06 bits per heavy atom. The molecule has 8 heteroatoms. The van der Waals surface area contributed by atoms with E-state index in [1.165, 1.54) is 0 Å². The standard InChI is InChI=1S/C27H23Cl2NO5/c1-15-8-23-19(13-30(14-34-23)12-16-4-6-20(28)21(29)9-16)27-25(15)26(31)24(35-27)11-17-10-18(32-2)5-7-22(17)33-3/h4-11H,12-14H2,1-3H3/b24-11-. The first-order valence-electron chi connectivity index (χ1n) is 11.0. The van der Waals surface area contributed by atoms with Crippen LogP contribution < -0.4 is 18.9 Å². The smallest absolute Gasteiger partial charge is 0.232 e. The Kier molecular flexibility index (Phi) is 6.36. The second-order valence-electron chi connectivity index (χ2n) is 8.43. The van der Waals surface area contributed by atoms with E-state index in [-0.39, 0.29) is 11.5 Å². The van der Waals surface area contributed by atoms with Crippen LogP contribution in [0.15, 0.2) is 48.2 Å². The average molecular weight is 512 g/mol. The van der Waals surface area contributed by atoms with Crippen LogP contribution in [-0.4, -0.2) is 31.6 Å². The van der Waals surface area contributed by atoms with Crippen LogP contribution in [-0.2, 0) is 13.1 Å². The summed E-state index contributed by atoms with van der Waals surface area (Å²) in [4.78, 5) is 15.5. The van der Waals surface area contributed by atoms with Crippen molar-refractivity contribution in [1.29, 1.82) is 0 Å². The van der Waals surface area contributed by atoms with Crippen molar-refractivity contribution >= 4 is 35.1 Å². The molecule has 0 unspecified atom stereocenters. The van der Waals surface area contributed by atoms with Crippen molar-refractivity contribution in [2.45, 2.75) is 20.0 Å². The fourth-order valence-corrected chi connectivity index (χ4v) is 4.69. The largest absolute Gasteiger partial charge is 0.497 e. The number of allylic oxidation sites excluding steroid dienone is 1. The van der Waals surface area contributed by atoms with Crippen LogP contribution in [0.2, 0.25) is 10.0 Å². The molecule has 0 spiro atoms. The summed E-state index contributed by atoms with van der Waals surface area (Å²) >= 11 is 12.2. The number of rotatable bonds is 5. The Labute approximate surface area is 213 Å². The lowest BCUT2D eigenvalue weighted by Gasteiger charge is -2.30. The summed E-state index contributed by atoms with van der Waals surface area (Å²) in [7, 11) is 3.17. The molecular weight excluding hydrogens is 489 g/mol. The molecule has 3 aromatic rings. The molecule has 0 aliphatic carbocycles. The lowest BCUT2D eigenvalue weighted by atomic mass is 9.98. The lowest BCUT2D eigenvalue weighted by Crippen LogP contribution is -2.31. The molecule has 35 heavy (non-hydrogen) atoms. The van der Waals surface area contributed by atoms with Crippen LogP contribution in [0.3, 0.4) is 0 Å². The molecule has 0 fully saturated rings. The van der Waals surface area contributed by atoms with E-state index in [1.807, 2.05) is 25.1 Å². The van der Waals surface area contributed by atoms with Gasteiger partial charge in [0.15, 0.2) is 5.76 Å². The topological polar surface area (TPSA) is 57.2 Å². The summed E-state index contributed by atoms with van der Waals surface area (Å²) in [6.07, 6.45) is 1.69. The summed E-state index contributed by atoms with van der Waals surface area (Å²) in [5.74, 6) is 2.58. The molecular formula is C27H23Cl2NO5. The first kappa shape index (κ1) is 23.5. The van der Waals surface area contributed by atoms with E-state index in [4.69, 9.17) is 42.1 Å². The lowest BCUT2D eigenvalue weighted by molar-refractivity contribution is 0.0872. The number of halogens is 2. The summed E-state index contributed by atoms with van der Waals surface area (Å²) in [6.45, 7) is 3.46. The van der Waals surface area contributed by atoms with Gasteiger partial charge < -0.3 is 18.9 Å². The van der Waals surface area contributed by atoms with Crippen LogP contribution >= 0.6 is 23.2 Å². The van der Waals surface area contributed by atoms with Crippen LogP contribution in [0.1, 0.15) is 32.6 Å². The number of ether oxygens (including phenoxy) is 4. The third-order valence-electron chi connectivity index (χ3n) is 6.10. The van der Waals surface area contributed by atoms with Gasteiger partial charge in [0.25, 0.3) is 0 Å². The molecule has 0 N–H and O–H groups in total. The summed E-state index contributed by atoms with van der Waals surface area (Å²) in [6, 6.07) is 12.9. The zero-order chi connectivity index (χ0) is 24.7. The zero-order valence-electron chi connectivity index (χ0n) is 19.5. The number of ketones is 1. The van der Waals surface area contributed by atoms with Gasteiger partial charge in [-0.1, -0.05) is 29.3 Å². The van der Waals surface area contributed by atoms with Crippen molar-refractivity contribution in [3.8, 4) is 23.0 Å². The number of aryl methyl sites for hydroxylation is 1. The minimum atomic E-state index is -0.174. The molecule has 6 nitrogen and oxygen atoms in total. The molecule has 0 aromatic heterocycles. The molecule has 0 radical (unpaired) electrons. The van der Waals surface area contributed by atoms with Crippen molar-refractivity contribution in [3.63, 3.8) is 0 Å². The number of fused-ring (bicyclic) bond motifs is 3. The maximum atomic E-state index is 13.4. The van der Waals surface area contributed by atoms with Crippen molar-refractivity contribution in [1.82, 2.24) is 4.90 Å². The van der Waals surface area contributed by atoms with E-state index in [2.05, 4.69) is 4.90 Å². The normalized spacial score (nSPS) is 15.9. The molecule has 3 aromatic carbocycles. The molecule has 0 atom stereocenters. The van der Waals surface area contributed by atoms with Crippen LogP contribution in [0, 0.1) is 6.92 Å². The van der Waals surface area contributed by atoms with Gasteiger partial charge in [-0.2, -0.15) is 0 Å². The minimum Gasteiger partial charge on any atom is -0.497 e. The number of nitrogens with zero attached hydrogens (tertiary/aromatic N) is 1. The van der Waals surface area contributed by atoms with Gasteiger partial charge in [-0.25, -0.2) is 0 Å². The zero-order valence-corrected chi connectivity index (χ0v) is 21.0. The molecule has 0 bridgehead atoms. The predicted octanol–water partition coefficient (Wildman–Crippen LogP) is 6.29. The highest BCUT2D eigenvalue weighted by Gasteiger charge is 2.35. The minimum absolute atomic E-state index is 0.174. The molecule has 2 heterocycles. The average Bonchev–Trinajstić information content (AvgIpc) is 3.18. The molecule has 5 rings (SSSR count). The van der Waals surface area contributed by atoms with E-state index in [0.717, 1.165) is 22.4 Å². The second-order valence-corrected chi connectivity index (χ2v) is 9.25. The fourth-order valence-electron chi connectivity index (χ4n) is 4.37. The number of hydrogen-bond donors (Lipinski definition) is 0. The van der Waals surface area contributed by atoms with Crippen molar-refractivity contribution in [3.05, 3.63) is 86.1 Å². The monoisotopic (exact) mass is 511 g/mol. The van der Waals surface area contributed by atoms with Gasteiger partial charge in [0.2, 0.25) is 5.78 Å². The summed E-state index contributed by atoms with van der Waals surface area (Å²) < 4.78 is 23.0. The summed E-state index contributed by atoms with van der Waals surface area (Å²) in [5.41, 5.74) is 3.90. The second kappa shape index (κ2) is 9.46. The van der Waals surface area contributed by atoms with Crippen molar-refractivity contribution in [2.75, 3.05) is 21.0 Å². The number of methoxy groups -OCH3 is 2. The Balaban J connectivity index is 1.47. The molecule has 0 saturated carbocycles. The number of benzene rings is 3. The molecule has 2 aliphatic rings. The van der Waals surface area contributed by atoms with E-state index in [0.29, 0.717) is 58.2 Å². The van der Waals surface area contributed by atoms with Gasteiger partial charge in [0, 0.05) is 18.7 Å². The molecule has 0 saturated heterocycles. The van der Waals surface area contributed by atoms with Gasteiger partial charge in [0.1, 0.15) is 29.7 Å². The van der Waals surface area contributed by atoms with Crippen LogP contribution in [0.5, 0.6) is 23.0 Å². The van der Waals surface area contributed by atoms with Crippen LogP contribution in [0.4, 0.5) is 0 Å². The Bertz CT molecular complexity index is 1370. The maximum Gasteiger partial charge on any atom is 0.232 e. The van der Waals surface area contributed by atoms with E-state index in [9.17, 15) is 4.79 Å². The third kappa shape index (κ3) is 4.45. The van der Waals surface area contributed by atoms with Gasteiger partial charge in [-0.3, -0.25) is 9.69 Å². The highest BCUT2D eigenvalue weighted by Crippen LogP contribution is 2.44. The van der Waals surface area contributed by atoms with Gasteiger partial charge in [0.05, 0.1) is 35.4 Å². The number of carbonyl (C=O) groups is 1. The highest BCUT2D eigenvalue weighted by molar-refractivity contribution is 6.42. The Morgan fingerprint density at radius 3 is 2.63 bits per heavy atom.